The third-order valence-electron chi connectivity index (χ3n) is 4.79. The maximum absolute atomic E-state index is 2.36. The van der Waals surface area contributed by atoms with Crippen LogP contribution in [-0.2, 0) is 6.42 Å². The van der Waals surface area contributed by atoms with Crippen molar-refractivity contribution in [2.24, 2.45) is 11.8 Å². The Morgan fingerprint density at radius 3 is 2.44 bits per heavy atom. The van der Waals surface area contributed by atoms with Crippen molar-refractivity contribution in [3.05, 3.63) is 34.9 Å². The van der Waals surface area contributed by atoms with Gasteiger partial charge in [-0.15, -0.1) is 0 Å². The molecule has 100 valence electrons. The summed E-state index contributed by atoms with van der Waals surface area (Å²) in [6.07, 6.45) is 9.98. The van der Waals surface area contributed by atoms with Crippen LogP contribution >= 0.6 is 0 Å². The van der Waals surface area contributed by atoms with Crippen LogP contribution in [0.25, 0.3) is 0 Å². The lowest BCUT2D eigenvalue weighted by Crippen LogP contribution is -2.05. The highest BCUT2D eigenvalue weighted by atomic mass is 14.2. The van der Waals surface area contributed by atoms with E-state index in [4.69, 9.17) is 0 Å². The first-order chi connectivity index (χ1) is 8.69. The molecule has 0 amide bonds. The molecule has 0 N–H and O–H groups in total. The van der Waals surface area contributed by atoms with Gasteiger partial charge in [0.1, 0.15) is 0 Å². The third kappa shape index (κ3) is 3.60. The maximum Gasteiger partial charge on any atom is -0.0248 e. The molecule has 1 saturated carbocycles. The fourth-order valence-electron chi connectivity index (χ4n) is 3.45. The van der Waals surface area contributed by atoms with E-state index in [1.54, 1.807) is 5.56 Å². The van der Waals surface area contributed by atoms with Gasteiger partial charge in [0, 0.05) is 0 Å². The van der Waals surface area contributed by atoms with Crippen LogP contribution in [0.5, 0.6) is 0 Å². The van der Waals surface area contributed by atoms with Crippen LogP contribution in [0.3, 0.4) is 0 Å². The zero-order valence-electron chi connectivity index (χ0n) is 12.3. The molecule has 1 aliphatic carbocycles. The Morgan fingerprint density at radius 1 is 1.00 bits per heavy atom. The van der Waals surface area contributed by atoms with E-state index in [0.29, 0.717) is 0 Å². The van der Waals surface area contributed by atoms with Gasteiger partial charge in [0.25, 0.3) is 0 Å². The average molecular weight is 244 g/mol. The largest absolute Gasteiger partial charge is 0.0651 e. The molecular formula is C18H28. The van der Waals surface area contributed by atoms with E-state index in [2.05, 4.69) is 39.0 Å². The standard InChI is InChI=1S/C18H28/c1-4-16-6-5-7-17(10-9-16)13-18-11-8-14(2)12-15(18)3/h8,11-12,16-17H,4-7,9-10,13H2,1-3H3. The summed E-state index contributed by atoms with van der Waals surface area (Å²) in [7, 11) is 0. The molecule has 18 heavy (non-hydrogen) atoms. The number of hydrogen-bond donors (Lipinski definition) is 0. The second kappa shape index (κ2) is 6.41. The van der Waals surface area contributed by atoms with Crippen molar-refractivity contribution in [2.45, 2.75) is 65.7 Å². The van der Waals surface area contributed by atoms with Crippen LogP contribution in [0.15, 0.2) is 18.2 Å². The minimum Gasteiger partial charge on any atom is -0.0651 e. The highest BCUT2D eigenvalue weighted by Crippen LogP contribution is 2.31. The first kappa shape index (κ1) is 13.6. The van der Waals surface area contributed by atoms with Gasteiger partial charge in [-0.05, 0) is 49.7 Å². The molecule has 2 unspecified atom stereocenters. The van der Waals surface area contributed by atoms with E-state index in [1.807, 2.05) is 0 Å². The third-order valence-corrected chi connectivity index (χ3v) is 4.79. The van der Waals surface area contributed by atoms with Gasteiger partial charge < -0.3 is 0 Å². The molecule has 0 saturated heterocycles. The highest BCUT2D eigenvalue weighted by Gasteiger charge is 2.18. The molecule has 0 aliphatic heterocycles. The monoisotopic (exact) mass is 244 g/mol. The van der Waals surface area contributed by atoms with E-state index in [0.717, 1.165) is 11.8 Å². The molecule has 0 heterocycles. The lowest BCUT2D eigenvalue weighted by molar-refractivity contribution is 0.420. The molecule has 1 aromatic rings. The summed E-state index contributed by atoms with van der Waals surface area (Å²) in [5, 5.41) is 0. The normalized spacial score (nSPS) is 24.8. The minimum absolute atomic E-state index is 0.933. The number of hydrogen-bond acceptors (Lipinski definition) is 0. The molecule has 1 aromatic carbocycles. The summed E-state index contributed by atoms with van der Waals surface area (Å²) in [4.78, 5) is 0. The van der Waals surface area contributed by atoms with Crippen molar-refractivity contribution in [2.75, 3.05) is 0 Å². The zero-order valence-corrected chi connectivity index (χ0v) is 12.3. The van der Waals surface area contributed by atoms with Crippen molar-refractivity contribution in [3.63, 3.8) is 0 Å². The van der Waals surface area contributed by atoms with Gasteiger partial charge in [-0.25, -0.2) is 0 Å². The molecule has 0 nitrogen and oxygen atoms in total. The fraction of sp³-hybridized carbons (Fsp3) is 0.667. The molecule has 0 heteroatoms. The molecule has 0 bridgehead atoms. The van der Waals surface area contributed by atoms with Crippen molar-refractivity contribution in [3.8, 4) is 0 Å². The number of benzene rings is 1. The lowest BCUT2D eigenvalue weighted by Gasteiger charge is -2.16. The van der Waals surface area contributed by atoms with Crippen molar-refractivity contribution >= 4 is 0 Å². The Labute approximate surface area is 113 Å². The SMILES string of the molecule is CCC1CCCC(Cc2ccc(C)cc2C)CC1. The molecule has 0 aromatic heterocycles. The molecule has 0 radical (unpaired) electrons. The van der Waals surface area contributed by atoms with Crippen LogP contribution in [0.2, 0.25) is 0 Å². The van der Waals surface area contributed by atoms with E-state index >= 15 is 0 Å². The minimum atomic E-state index is 0.933. The van der Waals surface area contributed by atoms with Gasteiger partial charge in [-0.1, -0.05) is 62.8 Å². The highest BCUT2D eigenvalue weighted by molar-refractivity contribution is 5.30. The Hall–Kier alpha value is -0.780. The van der Waals surface area contributed by atoms with Crippen LogP contribution in [0.1, 0.15) is 62.1 Å². The lowest BCUT2D eigenvalue weighted by atomic mass is 9.89. The molecule has 2 atom stereocenters. The van der Waals surface area contributed by atoms with Crippen LogP contribution < -0.4 is 0 Å². The second-order valence-corrected chi connectivity index (χ2v) is 6.28. The zero-order chi connectivity index (χ0) is 13.0. The molecular weight excluding hydrogens is 216 g/mol. The molecule has 1 aliphatic rings. The Morgan fingerprint density at radius 2 is 1.72 bits per heavy atom. The summed E-state index contributed by atoms with van der Waals surface area (Å²) in [6.45, 7) is 6.82. The van der Waals surface area contributed by atoms with E-state index < -0.39 is 0 Å². The van der Waals surface area contributed by atoms with Gasteiger partial charge in [-0.3, -0.25) is 0 Å². The average Bonchev–Trinajstić information content (AvgIpc) is 2.58. The van der Waals surface area contributed by atoms with Gasteiger partial charge in [0.15, 0.2) is 0 Å². The number of rotatable bonds is 3. The Bertz CT molecular complexity index is 378. The van der Waals surface area contributed by atoms with E-state index in [-0.39, 0.29) is 0 Å². The molecule has 2 rings (SSSR count). The van der Waals surface area contributed by atoms with Gasteiger partial charge in [0.2, 0.25) is 0 Å². The van der Waals surface area contributed by atoms with Gasteiger partial charge in [-0.2, -0.15) is 0 Å². The fourth-order valence-corrected chi connectivity index (χ4v) is 3.45. The van der Waals surface area contributed by atoms with Crippen LogP contribution in [0.4, 0.5) is 0 Å². The second-order valence-electron chi connectivity index (χ2n) is 6.28. The number of aryl methyl sites for hydroxylation is 2. The van der Waals surface area contributed by atoms with Gasteiger partial charge in [0.05, 0.1) is 0 Å². The first-order valence-corrected chi connectivity index (χ1v) is 7.75. The first-order valence-electron chi connectivity index (χ1n) is 7.75. The summed E-state index contributed by atoms with van der Waals surface area (Å²) in [5.41, 5.74) is 4.47. The molecule has 0 spiro atoms. The van der Waals surface area contributed by atoms with Crippen LogP contribution in [0, 0.1) is 25.7 Å². The maximum atomic E-state index is 2.36. The quantitative estimate of drug-likeness (QED) is 0.620. The van der Waals surface area contributed by atoms with Crippen molar-refractivity contribution in [1.82, 2.24) is 0 Å². The summed E-state index contributed by atoms with van der Waals surface area (Å²) < 4.78 is 0. The predicted molar refractivity (Wildman–Crippen MR) is 80.0 cm³/mol. The van der Waals surface area contributed by atoms with E-state index in [1.165, 1.54) is 56.1 Å². The summed E-state index contributed by atoms with van der Waals surface area (Å²) in [5.74, 6) is 1.94. The summed E-state index contributed by atoms with van der Waals surface area (Å²) in [6, 6.07) is 6.96. The summed E-state index contributed by atoms with van der Waals surface area (Å²) >= 11 is 0. The smallest absolute Gasteiger partial charge is 0.0248 e. The topological polar surface area (TPSA) is 0 Å². The van der Waals surface area contributed by atoms with Crippen molar-refractivity contribution in [1.29, 1.82) is 0 Å². The van der Waals surface area contributed by atoms with Gasteiger partial charge >= 0.3 is 0 Å². The van der Waals surface area contributed by atoms with Crippen molar-refractivity contribution < 1.29 is 0 Å². The Balaban J connectivity index is 1.96. The molecule has 1 fully saturated rings. The van der Waals surface area contributed by atoms with Crippen LogP contribution in [-0.4, -0.2) is 0 Å². The Kier molecular flexibility index (Phi) is 4.86. The predicted octanol–water partition coefficient (Wildman–Crippen LogP) is 5.45. The van der Waals surface area contributed by atoms with E-state index in [9.17, 15) is 0 Å².